The molecule has 1 aromatic heterocycles. The highest BCUT2D eigenvalue weighted by Gasteiger charge is 2.39. The monoisotopic (exact) mass is 349 g/mol. The van der Waals surface area contributed by atoms with Crippen molar-refractivity contribution < 1.29 is 23.7 Å². The largest absolute Gasteiger partial charge is 0.364 e. The van der Waals surface area contributed by atoms with Gasteiger partial charge in [-0.1, -0.05) is 34.5 Å². The number of benzene rings is 2. The smallest absolute Gasteiger partial charge is 0.334 e. The van der Waals surface area contributed by atoms with E-state index < -0.39 is 17.8 Å². The molecule has 2 amide bonds. The summed E-state index contributed by atoms with van der Waals surface area (Å²) in [6, 6.07) is 12.6. The number of hydrogen-bond acceptors (Lipinski definition) is 7. The van der Waals surface area contributed by atoms with Gasteiger partial charge in [-0.3, -0.25) is 9.59 Å². The van der Waals surface area contributed by atoms with Crippen molar-refractivity contribution in [3.63, 3.8) is 0 Å². The van der Waals surface area contributed by atoms with E-state index in [1.54, 1.807) is 37.3 Å². The average molecular weight is 349 g/mol. The van der Waals surface area contributed by atoms with Gasteiger partial charge in [0.25, 0.3) is 17.7 Å². The Balaban J connectivity index is 1.65. The maximum Gasteiger partial charge on any atom is 0.364 e. The molecule has 0 saturated heterocycles. The zero-order valence-electron chi connectivity index (χ0n) is 13.5. The van der Waals surface area contributed by atoms with E-state index in [9.17, 15) is 14.4 Å². The molecule has 1 aliphatic rings. The first-order valence-electron chi connectivity index (χ1n) is 7.66. The standard InChI is InChI=1S/C18H11N3O5/c1-10-19-15(25-20-10)11-6-2-5-9-14(11)18(24)26-21-16(22)12-7-3-4-8-13(12)17(21)23/h2-9H,1H3. The second-order valence-corrected chi connectivity index (χ2v) is 5.52. The molecular formula is C18H11N3O5. The summed E-state index contributed by atoms with van der Waals surface area (Å²) in [6.07, 6.45) is 0. The normalized spacial score (nSPS) is 13.0. The van der Waals surface area contributed by atoms with Crippen LogP contribution in [0, 0.1) is 6.92 Å². The predicted octanol–water partition coefficient (Wildman–Crippen LogP) is 2.41. The van der Waals surface area contributed by atoms with Crippen molar-refractivity contribution >= 4 is 17.8 Å². The second-order valence-electron chi connectivity index (χ2n) is 5.52. The fourth-order valence-corrected chi connectivity index (χ4v) is 2.64. The molecule has 8 nitrogen and oxygen atoms in total. The first-order valence-corrected chi connectivity index (χ1v) is 7.66. The fraction of sp³-hybridized carbons (Fsp3) is 0.0556. The molecule has 0 radical (unpaired) electrons. The van der Waals surface area contributed by atoms with E-state index in [1.807, 2.05) is 0 Å². The van der Waals surface area contributed by atoms with Crippen molar-refractivity contribution in [1.82, 2.24) is 15.2 Å². The number of rotatable bonds is 3. The minimum Gasteiger partial charge on any atom is -0.334 e. The topological polar surface area (TPSA) is 103 Å². The maximum atomic E-state index is 12.6. The highest BCUT2D eigenvalue weighted by Crippen LogP contribution is 2.26. The van der Waals surface area contributed by atoms with Crippen LogP contribution in [0.25, 0.3) is 11.5 Å². The number of hydroxylamine groups is 2. The summed E-state index contributed by atoms with van der Waals surface area (Å²) in [5.41, 5.74) is 0.805. The summed E-state index contributed by atoms with van der Waals surface area (Å²) >= 11 is 0. The van der Waals surface area contributed by atoms with Gasteiger partial charge in [0, 0.05) is 0 Å². The van der Waals surface area contributed by atoms with Crippen LogP contribution in [0.3, 0.4) is 0 Å². The third kappa shape index (κ3) is 2.44. The number of aryl methyl sites for hydroxylation is 1. The van der Waals surface area contributed by atoms with Gasteiger partial charge in [0.15, 0.2) is 5.82 Å². The van der Waals surface area contributed by atoms with Crippen LogP contribution in [-0.2, 0) is 4.84 Å². The fourth-order valence-electron chi connectivity index (χ4n) is 2.64. The number of aromatic nitrogens is 2. The van der Waals surface area contributed by atoms with E-state index in [0.717, 1.165) is 0 Å². The highest BCUT2D eigenvalue weighted by molar-refractivity contribution is 6.21. The van der Waals surface area contributed by atoms with E-state index in [1.165, 1.54) is 18.2 Å². The Morgan fingerprint density at radius 2 is 1.54 bits per heavy atom. The molecular weight excluding hydrogens is 338 g/mol. The lowest BCUT2D eigenvalue weighted by Crippen LogP contribution is -2.32. The van der Waals surface area contributed by atoms with Crippen LogP contribution in [-0.4, -0.2) is 33.0 Å². The van der Waals surface area contributed by atoms with Crippen LogP contribution >= 0.6 is 0 Å². The van der Waals surface area contributed by atoms with Crippen molar-refractivity contribution in [2.24, 2.45) is 0 Å². The third-order valence-electron chi connectivity index (χ3n) is 3.84. The van der Waals surface area contributed by atoms with Crippen LogP contribution in [0.4, 0.5) is 0 Å². The lowest BCUT2D eigenvalue weighted by molar-refractivity contribution is -0.0584. The Kier molecular flexibility index (Phi) is 3.58. The molecule has 0 unspecified atom stereocenters. The molecule has 2 aromatic carbocycles. The van der Waals surface area contributed by atoms with Crippen molar-refractivity contribution in [3.05, 3.63) is 71.0 Å². The van der Waals surface area contributed by atoms with Crippen molar-refractivity contribution in [2.45, 2.75) is 6.92 Å². The van der Waals surface area contributed by atoms with Crippen molar-refractivity contribution in [1.29, 1.82) is 0 Å². The van der Waals surface area contributed by atoms with Gasteiger partial charge in [0.05, 0.1) is 22.3 Å². The van der Waals surface area contributed by atoms with Crippen LogP contribution in [0.1, 0.15) is 36.9 Å². The minimum atomic E-state index is -0.883. The van der Waals surface area contributed by atoms with Crippen LogP contribution in [0.15, 0.2) is 53.1 Å². The molecule has 4 rings (SSSR count). The zero-order chi connectivity index (χ0) is 18.3. The number of amides is 2. The summed E-state index contributed by atoms with van der Waals surface area (Å²) in [5.74, 6) is -1.72. The molecule has 0 saturated carbocycles. The van der Waals surface area contributed by atoms with E-state index in [4.69, 9.17) is 9.36 Å². The second kappa shape index (κ2) is 5.92. The van der Waals surface area contributed by atoms with Gasteiger partial charge >= 0.3 is 5.97 Å². The Morgan fingerprint density at radius 1 is 0.962 bits per heavy atom. The molecule has 0 fully saturated rings. The molecule has 0 spiro atoms. The Labute approximate surface area is 146 Å². The molecule has 0 N–H and O–H groups in total. The van der Waals surface area contributed by atoms with Gasteiger partial charge < -0.3 is 9.36 Å². The molecule has 0 atom stereocenters. The minimum absolute atomic E-state index is 0.0905. The lowest BCUT2D eigenvalue weighted by atomic mass is 10.1. The Morgan fingerprint density at radius 3 is 2.12 bits per heavy atom. The number of nitrogens with zero attached hydrogens (tertiary/aromatic N) is 3. The molecule has 8 heteroatoms. The molecule has 26 heavy (non-hydrogen) atoms. The predicted molar refractivity (Wildman–Crippen MR) is 86.8 cm³/mol. The summed E-state index contributed by atoms with van der Waals surface area (Å²) in [5, 5.41) is 4.15. The molecule has 3 aromatic rings. The van der Waals surface area contributed by atoms with E-state index in [0.29, 0.717) is 16.5 Å². The third-order valence-corrected chi connectivity index (χ3v) is 3.84. The molecule has 0 bridgehead atoms. The van der Waals surface area contributed by atoms with E-state index in [2.05, 4.69) is 10.1 Å². The van der Waals surface area contributed by atoms with Crippen molar-refractivity contribution in [3.8, 4) is 11.5 Å². The summed E-state index contributed by atoms with van der Waals surface area (Å²) < 4.78 is 5.09. The summed E-state index contributed by atoms with van der Waals surface area (Å²) in [4.78, 5) is 46.4. The quantitative estimate of drug-likeness (QED) is 0.669. The number of carbonyl (C=O) groups is 3. The molecule has 128 valence electrons. The number of imide groups is 1. The van der Waals surface area contributed by atoms with Gasteiger partial charge in [-0.15, -0.1) is 0 Å². The average Bonchev–Trinajstić information content (AvgIpc) is 3.19. The summed E-state index contributed by atoms with van der Waals surface area (Å²) in [7, 11) is 0. The Hall–Kier alpha value is -3.81. The SMILES string of the molecule is Cc1noc(-c2ccccc2C(=O)ON2C(=O)c3ccccc3C2=O)n1. The first kappa shape index (κ1) is 15.7. The van der Waals surface area contributed by atoms with Gasteiger partial charge in [-0.2, -0.15) is 4.98 Å². The number of hydrogen-bond donors (Lipinski definition) is 0. The maximum absolute atomic E-state index is 12.6. The zero-order valence-corrected chi connectivity index (χ0v) is 13.5. The van der Waals surface area contributed by atoms with Gasteiger partial charge in [-0.05, 0) is 31.2 Å². The van der Waals surface area contributed by atoms with Crippen LogP contribution in [0.5, 0.6) is 0 Å². The molecule has 0 aliphatic carbocycles. The Bertz CT molecular complexity index is 1020. The number of carbonyl (C=O) groups excluding carboxylic acids is 3. The first-order chi connectivity index (χ1) is 12.6. The van der Waals surface area contributed by atoms with E-state index in [-0.39, 0.29) is 22.6 Å². The van der Waals surface area contributed by atoms with Gasteiger partial charge in [0.2, 0.25) is 0 Å². The molecule has 1 aliphatic heterocycles. The molecule has 2 heterocycles. The van der Waals surface area contributed by atoms with Crippen LogP contribution < -0.4 is 0 Å². The number of fused-ring (bicyclic) bond motifs is 1. The van der Waals surface area contributed by atoms with Gasteiger partial charge in [-0.25, -0.2) is 4.79 Å². The highest BCUT2D eigenvalue weighted by atomic mass is 16.7. The van der Waals surface area contributed by atoms with E-state index >= 15 is 0 Å². The summed E-state index contributed by atoms with van der Waals surface area (Å²) in [6.45, 7) is 1.65. The van der Waals surface area contributed by atoms with Gasteiger partial charge in [0.1, 0.15) is 0 Å². The lowest BCUT2D eigenvalue weighted by Gasteiger charge is -2.13. The van der Waals surface area contributed by atoms with Crippen molar-refractivity contribution in [2.75, 3.05) is 0 Å². The van der Waals surface area contributed by atoms with Crippen LogP contribution in [0.2, 0.25) is 0 Å².